The topological polar surface area (TPSA) is 75.7 Å². The van der Waals surface area contributed by atoms with E-state index in [1.807, 2.05) is 24.3 Å². The van der Waals surface area contributed by atoms with E-state index in [0.29, 0.717) is 6.54 Å². The van der Waals surface area contributed by atoms with Gasteiger partial charge in [0.05, 0.1) is 18.7 Å². The number of ether oxygens (including phenoxy) is 1. The molecule has 1 N–H and O–H groups in total. The molecule has 1 aliphatic heterocycles. The van der Waals surface area contributed by atoms with Gasteiger partial charge >= 0.3 is 5.97 Å². The number of carbonyl (C=O) groups is 3. The van der Waals surface area contributed by atoms with E-state index in [0.717, 1.165) is 10.2 Å². The summed E-state index contributed by atoms with van der Waals surface area (Å²) in [6.45, 7) is 0.115. The van der Waals surface area contributed by atoms with Crippen LogP contribution in [0.4, 0.5) is 5.69 Å². The van der Waals surface area contributed by atoms with Gasteiger partial charge in [0.2, 0.25) is 11.8 Å². The summed E-state index contributed by atoms with van der Waals surface area (Å²) in [4.78, 5) is 36.6. The van der Waals surface area contributed by atoms with Crippen molar-refractivity contribution in [2.24, 2.45) is 5.92 Å². The van der Waals surface area contributed by atoms with Gasteiger partial charge in [0.25, 0.3) is 0 Å². The van der Waals surface area contributed by atoms with Crippen molar-refractivity contribution in [3.8, 4) is 0 Å². The lowest BCUT2D eigenvalue weighted by Gasteiger charge is -2.18. The first-order chi connectivity index (χ1) is 10.0. The van der Waals surface area contributed by atoms with Gasteiger partial charge < -0.3 is 15.0 Å². The normalized spacial score (nSPS) is 17.7. The van der Waals surface area contributed by atoms with Crippen LogP contribution in [-0.2, 0) is 19.1 Å². The predicted molar refractivity (Wildman–Crippen MR) is 79.6 cm³/mol. The summed E-state index contributed by atoms with van der Waals surface area (Å²) in [6, 6.07) is 7.34. The van der Waals surface area contributed by atoms with Crippen LogP contribution in [0.2, 0.25) is 0 Å². The molecule has 0 aromatic heterocycles. The number of para-hydroxylation sites is 1. The third kappa shape index (κ3) is 3.60. The van der Waals surface area contributed by atoms with Crippen LogP contribution < -0.4 is 10.2 Å². The van der Waals surface area contributed by atoms with Crippen molar-refractivity contribution in [3.63, 3.8) is 0 Å². The average Bonchev–Trinajstić information content (AvgIpc) is 2.86. The molecular weight excluding hydrogens is 340 g/mol. The van der Waals surface area contributed by atoms with Gasteiger partial charge in [-0.1, -0.05) is 12.1 Å². The van der Waals surface area contributed by atoms with Gasteiger partial charge in [0.1, 0.15) is 6.54 Å². The summed E-state index contributed by atoms with van der Waals surface area (Å²) in [5.74, 6) is -1.41. The fourth-order valence-electron chi connectivity index (χ4n) is 2.16. The largest absolute Gasteiger partial charge is 0.468 e. The molecule has 2 rings (SSSR count). The second kappa shape index (κ2) is 6.71. The number of nitrogens with zero attached hydrogens (tertiary/aromatic N) is 1. The summed E-state index contributed by atoms with van der Waals surface area (Å²) in [5.41, 5.74) is 0.741. The van der Waals surface area contributed by atoms with Gasteiger partial charge in [-0.05, 0) is 28.1 Å². The molecule has 1 aromatic rings. The molecular formula is C14H15BrN2O4. The molecule has 2 amide bonds. The highest BCUT2D eigenvalue weighted by atomic mass is 79.9. The van der Waals surface area contributed by atoms with Crippen molar-refractivity contribution in [3.05, 3.63) is 28.7 Å². The van der Waals surface area contributed by atoms with Crippen LogP contribution in [0.5, 0.6) is 0 Å². The highest BCUT2D eigenvalue weighted by Crippen LogP contribution is 2.31. The zero-order chi connectivity index (χ0) is 15.4. The molecule has 0 unspecified atom stereocenters. The van der Waals surface area contributed by atoms with Crippen molar-refractivity contribution in [1.82, 2.24) is 5.32 Å². The Balaban J connectivity index is 2.01. The van der Waals surface area contributed by atoms with Crippen molar-refractivity contribution in [2.75, 3.05) is 25.1 Å². The summed E-state index contributed by atoms with van der Waals surface area (Å²) in [7, 11) is 1.25. The minimum Gasteiger partial charge on any atom is -0.468 e. The van der Waals surface area contributed by atoms with Crippen molar-refractivity contribution < 1.29 is 19.1 Å². The SMILES string of the molecule is COC(=O)CNC(=O)[C@H]1CC(=O)N(c2ccccc2Br)C1. The minimum atomic E-state index is -0.518. The van der Waals surface area contributed by atoms with E-state index >= 15 is 0 Å². The molecule has 1 aromatic carbocycles. The Bertz CT molecular complexity index is 576. The number of hydrogen-bond donors (Lipinski definition) is 1. The van der Waals surface area contributed by atoms with Gasteiger partial charge in [-0.25, -0.2) is 0 Å². The summed E-state index contributed by atoms with van der Waals surface area (Å²) < 4.78 is 5.25. The van der Waals surface area contributed by atoms with E-state index in [1.54, 1.807) is 4.90 Å². The van der Waals surface area contributed by atoms with E-state index in [1.165, 1.54) is 7.11 Å². The Labute approximate surface area is 130 Å². The number of rotatable bonds is 4. The van der Waals surface area contributed by atoms with Crippen LogP contribution in [-0.4, -0.2) is 38.0 Å². The van der Waals surface area contributed by atoms with Crippen LogP contribution in [0.3, 0.4) is 0 Å². The Kier molecular flexibility index (Phi) is 4.95. The highest BCUT2D eigenvalue weighted by molar-refractivity contribution is 9.10. The van der Waals surface area contributed by atoms with Gasteiger partial charge in [-0.2, -0.15) is 0 Å². The quantitative estimate of drug-likeness (QED) is 0.821. The Morgan fingerprint density at radius 3 is 2.81 bits per heavy atom. The Morgan fingerprint density at radius 2 is 2.14 bits per heavy atom. The van der Waals surface area contributed by atoms with Crippen LogP contribution in [0, 0.1) is 5.92 Å². The lowest BCUT2D eigenvalue weighted by Crippen LogP contribution is -2.36. The molecule has 1 fully saturated rings. The number of halogens is 1. The molecule has 7 heteroatoms. The maximum absolute atomic E-state index is 12.1. The van der Waals surface area contributed by atoms with Crippen molar-refractivity contribution >= 4 is 39.4 Å². The van der Waals surface area contributed by atoms with Gasteiger partial charge in [0.15, 0.2) is 0 Å². The van der Waals surface area contributed by atoms with Crippen molar-refractivity contribution in [2.45, 2.75) is 6.42 Å². The summed E-state index contributed by atoms with van der Waals surface area (Å²) in [5, 5.41) is 2.48. The first-order valence-corrected chi connectivity index (χ1v) is 7.21. The van der Waals surface area contributed by atoms with Gasteiger partial charge in [0, 0.05) is 17.4 Å². The molecule has 0 radical (unpaired) electrons. The molecule has 0 spiro atoms. The molecule has 0 aliphatic carbocycles. The zero-order valence-electron chi connectivity index (χ0n) is 11.5. The first-order valence-electron chi connectivity index (χ1n) is 6.42. The van der Waals surface area contributed by atoms with E-state index in [-0.39, 0.29) is 24.8 Å². The third-order valence-electron chi connectivity index (χ3n) is 3.27. The number of anilines is 1. The average molecular weight is 355 g/mol. The maximum Gasteiger partial charge on any atom is 0.325 e. The number of amides is 2. The number of hydrogen-bond acceptors (Lipinski definition) is 4. The van der Waals surface area contributed by atoms with E-state index in [2.05, 4.69) is 26.0 Å². The molecule has 1 aliphatic rings. The predicted octanol–water partition coefficient (Wildman–Crippen LogP) is 1.09. The van der Waals surface area contributed by atoms with E-state index in [9.17, 15) is 14.4 Å². The number of nitrogens with one attached hydrogen (secondary N) is 1. The van der Waals surface area contributed by atoms with Crippen molar-refractivity contribution in [1.29, 1.82) is 0 Å². The first kappa shape index (κ1) is 15.5. The molecule has 0 saturated carbocycles. The highest BCUT2D eigenvalue weighted by Gasteiger charge is 2.35. The maximum atomic E-state index is 12.1. The minimum absolute atomic E-state index is 0.111. The number of benzene rings is 1. The molecule has 6 nitrogen and oxygen atoms in total. The summed E-state index contributed by atoms with van der Waals surface area (Å²) >= 11 is 3.39. The zero-order valence-corrected chi connectivity index (χ0v) is 13.1. The lowest BCUT2D eigenvalue weighted by molar-refractivity contribution is -0.141. The monoisotopic (exact) mass is 354 g/mol. The van der Waals surface area contributed by atoms with Crippen LogP contribution in [0.25, 0.3) is 0 Å². The Hall–Kier alpha value is -1.89. The van der Waals surface area contributed by atoms with E-state index in [4.69, 9.17) is 0 Å². The summed E-state index contributed by atoms with van der Waals surface area (Å²) in [6.07, 6.45) is 0.133. The standard InChI is InChI=1S/C14H15BrN2O4/c1-21-13(19)7-16-14(20)9-6-12(18)17(8-9)11-5-3-2-4-10(11)15/h2-5,9H,6-8H2,1H3,(H,16,20)/t9-/m0/s1. The second-order valence-corrected chi connectivity index (χ2v) is 5.51. The van der Waals surface area contributed by atoms with Crippen LogP contribution in [0.1, 0.15) is 6.42 Å². The number of esters is 1. The molecule has 1 saturated heterocycles. The Morgan fingerprint density at radius 1 is 1.43 bits per heavy atom. The molecule has 1 atom stereocenters. The smallest absolute Gasteiger partial charge is 0.325 e. The third-order valence-corrected chi connectivity index (χ3v) is 3.94. The van der Waals surface area contributed by atoms with Gasteiger partial charge in [-0.15, -0.1) is 0 Å². The molecule has 0 bridgehead atoms. The second-order valence-electron chi connectivity index (χ2n) is 4.65. The number of methoxy groups -OCH3 is 1. The lowest BCUT2D eigenvalue weighted by atomic mass is 10.1. The molecule has 1 heterocycles. The van der Waals surface area contributed by atoms with Gasteiger partial charge in [-0.3, -0.25) is 14.4 Å². The van der Waals surface area contributed by atoms with Crippen LogP contribution in [0.15, 0.2) is 28.7 Å². The molecule has 112 valence electrons. The number of carbonyl (C=O) groups excluding carboxylic acids is 3. The molecule has 21 heavy (non-hydrogen) atoms. The fourth-order valence-corrected chi connectivity index (χ4v) is 2.66. The fraction of sp³-hybridized carbons (Fsp3) is 0.357. The van der Waals surface area contributed by atoms with Crippen LogP contribution >= 0.6 is 15.9 Å². The van der Waals surface area contributed by atoms with E-state index < -0.39 is 11.9 Å².